The fraction of sp³-hybridized carbons (Fsp3) is 1.00. The Labute approximate surface area is 68.6 Å². The van der Waals surface area contributed by atoms with Crippen molar-refractivity contribution >= 4 is 11.3 Å². The van der Waals surface area contributed by atoms with Crippen molar-refractivity contribution in [3.8, 4) is 0 Å². The molecule has 0 saturated heterocycles. The summed E-state index contributed by atoms with van der Waals surface area (Å²) in [5, 5.41) is 4.03. The van der Waals surface area contributed by atoms with Crippen LogP contribution in [-0.4, -0.2) is 15.2 Å². The molecule has 0 aliphatic rings. The zero-order valence-corrected chi connectivity index (χ0v) is 5.63. The molecule has 0 aromatic rings. The van der Waals surface area contributed by atoms with E-state index in [1.807, 2.05) is 0 Å². The first kappa shape index (κ1) is 16.8. The molecule has 0 radical (unpaired) electrons. The van der Waals surface area contributed by atoms with E-state index in [0.29, 0.717) is 0 Å². The second kappa shape index (κ2) is 7.49. The fourth-order valence-electron chi connectivity index (χ4n) is 0. The molecule has 0 heterocycles. The zero-order chi connectivity index (χ0) is 8.08. The van der Waals surface area contributed by atoms with Crippen molar-refractivity contribution in [3.63, 3.8) is 0 Å². The summed E-state index contributed by atoms with van der Waals surface area (Å²) in [6, 6.07) is 0. The Kier molecular flexibility index (Phi) is 12.6. The van der Waals surface area contributed by atoms with Crippen LogP contribution in [0.4, 0.5) is 17.6 Å². The molecule has 0 fully saturated rings. The summed E-state index contributed by atoms with van der Waals surface area (Å²) < 4.78 is 56.3. The predicted molar refractivity (Wildman–Crippen MR) is 20.3 cm³/mol. The molecule has 0 rings (SSSR count). The molecular weight excluding hydrogens is 173 g/mol. The van der Waals surface area contributed by atoms with Gasteiger partial charge >= 0.3 is 25.3 Å². The third kappa shape index (κ3) is 3050. The third-order valence-corrected chi connectivity index (χ3v) is 0. The van der Waals surface area contributed by atoms with Gasteiger partial charge in [0, 0.05) is 11.3 Å². The maximum absolute atomic E-state index is 9.69. The van der Waals surface area contributed by atoms with Crippen molar-refractivity contribution in [1.29, 1.82) is 0 Å². The largest absolute Gasteiger partial charge is 1.00 e. The maximum Gasteiger partial charge on any atom is 1.00 e. The minimum atomic E-state index is -5.50. The van der Waals surface area contributed by atoms with Gasteiger partial charge in [-0.15, -0.1) is 17.6 Å². The van der Waals surface area contributed by atoms with Crippen LogP contribution in [0.3, 0.4) is 0 Å². The standard InChI is InChI=1S/CF4.Li.H3NO2S/c2-1(3,4)5;;1-4(2)3/h;;1H2,(H,2,3)/q;+1;/p-1. The van der Waals surface area contributed by atoms with Crippen LogP contribution in [0.25, 0.3) is 0 Å². The van der Waals surface area contributed by atoms with Crippen LogP contribution in [0.15, 0.2) is 0 Å². The molecule has 0 aliphatic heterocycles. The Morgan fingerprint density at radius 3 is 1.30 bits per heavy atom. The van der Waals surface area contributed by atoms with Gasteiger partial charge in [0.1, 0.15) is 0 Å². The SMILES string of the molecule is FC(F)(F)F.NS(=O)[O-].[Li+]. The summed E-state index contributed by atoms with van der Waals surface area (Å²) >= 11 is -2.36. The van der Waals surface area contributed by atoms with E-state index >= 15 is 0 Å². The molecule has 0 aromatic heterocycles. The van der Waals surface area contributed by atoms with Gasteiger partial charge in [0.2, 0.25) is 0 Å². The molecular formula is CH2F4LiNO2S. The van der Waals surface area contributed by atoms with Crippen LogP contribution in [0.1, 0.15) is 0 Å². The van der Waals surface area contributed by atoms with Crippen LogP contribution >= 0.6 is 0 Å². The van der Waals surface area contributed by atoms with Crippen LogP contribution in [0.5, 0.6) is 0 Å². The molecule has 0 saturated carbocycles. The third-order valence-electron chi connectivity index (χ3n) is 0. The molecule has 0 bridgehead atoms. The van der Waals surface area contributed by atoms with Crippen molar-refractivity contribution in [2.24, 2.45) is 5.14 Å². The van der Waals surface area contributed by atoms with Crippen molar-refractivity contribution in [3.05, 3.63) is 0 Å². The fourth-order valence-corrected chi connectivity index (χ4v) is 0. The van der Waals surface area contributed by atoms with Crippen LogP contribution in [0, 0.1) is 0 Å². The van der Waals surface area contributed by atoms with Crippen LogP contribution < -0.4 is 24.0 Å². The molecule has 2 N–H and O–H groups in total. The van der Waals surface area contributed by atoms with E-state index < -0.39 is 17.7 Å². The normalized spacial score (nSPS) is 12.2. The molecule has 0 aliphatic carbocycles. The second-order valence-electron chi connectivity index (χ2n) is 0.689. The van der Waals surface area contributed by atoms with Crippen molar-refractivity contribution < 1.29 is 45.2 Å². The Balaban J connectivity index is -0.0000000910. The molecule has 1 atom stereocenters. The van der Waals surface area contributed by atoms with Gasteiger partial charge in [0.05, 0.1) is 0 Å². The molecule has 0 spiro atoms. The van der Waals surface area contributed by atoms with Gasteiger partial charge in [-0.25, -0.2) is 0 Å². The van der Waals surface area contributed by atoms with E-state index in [2.05, 4.69) is 5.14 Å². The second-order valence-corrected chi connectivity index (χ2v) is 1.21. The number of nitrogens with two attached hydrogens (primary N) is 1. The smallest absolute Gasteiger partial charge is 0.760 e. The Bertz CT molecular complexity index is 85.7. The van der Waals surface area contributed by atoms with Gasteiger partial charge in [0.25, 0.3) is 0 Å². The summed E-state index contributed by atoms with van der Waals surface area (Å²) in [6.07, 6.45) is -5.50. The molecule has 0 amide bonds. The monoisotopic (exact) mass is 175 g/mol. The predicted octanol–water partition coefficient (Wildman–Crippen LogP) is -2.78. The minimum absolute atomic E-state index is 0. The number of rotatable bonds is 0. The van der Waals surface area contributed by atoms with Crippen molar-refractivity contribution in [2.75, 3.05) is 0 Å². The molecule has 0 aromatic carbocycles. The molecule has 10 heavy (non-hydrogen) atoms. The number of alkyl halides is 4. The topological polar surface area (TPSA) is 66.2 Å². The van der Waals surface area contributed by atoms with Gasteiger partial charge < -0.3 is 4.55 Å². The van der Waals surface area contributed by atoms with E-state index in [0.717, 1.165) is 0 Å². The summed E-state index contributed by atoms with van der Waals surface area (Å²) in [6.45, 7) is 0. The summed E-state index contributed by atoms with van der Waals surface area (Å²) in [4.78, 5) is 0. The van der Waals surface area contributed by atoms with Crippen LogP contribution in [0.2, 0.25) is 0 Å². The zero-order valence-electron chi connectivity index (χ0n) is 4.81. The Morgan fingerprint density at radius 1 is 1.30 bits per heavy atom. The van der Waals surface area contributed by atoms with E-state index in [9.17, 15) is 17.6 Å². The molecule has 9 heteroatoms. The van der Waals surface area contributed by atoms with E-state index in [4.69, 9.17) is 8.76 Å². The van der Waals surface area contributed by atoms with Crippen molar-refractivity contribution in [2.45, 2.75) is 6.43 Å². The van der Waals surface area contributed by atoms with Gasteiger partial charge in [-0.3, -0.25) is 9.35 Å². The average Bonchev–Trinajstić information content (AvgIpc) is 1.19. The van der Waals surface area contributed by atoms with Crippen LogP contribution in [-0.2, 0) is 11.3 Å². The quantitative estimate of drug-likeness (QED) is 0.246. The summed E-state index contributed by atoms with van der Waals surface area (Å²) in [7, 11) is 0. The number of hydrogen-bond acceptors (Lipinski definition) is 2. The Hall–Kier alpha value is 0.387. The van der Waals surface area contributed by atoms with Gasteiger partial charge in [-0.1, -0.05) is 0 Å². The molecule has 1 unspecified atom stereocenters. The Morgan fingerprint density at radius 2 is 1.30 bits per heavy atom. The van der Waals surface area contributed by atoms with Gasteiger partial charge in [-0.2, -0.15) is 0 Å². The summed E-state index contributed by atoms with van der Waals surface area (Å²) in [5.74, 6) is 0. The number of hydrogen-bond donors (Lipinski definition) is 1. The minimum Gasteiger partial charge on any atom is -0.760 e. The van der Waals surface area contributed by atoms with E-state index in [-0.39, 0.29) is 18.9 Å². The van der Waals surface area contributed by atoms with Gasteiger partial charge in [-0.05, 0) is 0 Å². The van der Waals surface area contributed by atoms with Gasteiger partial charge in [0.15, 0.2) is 0 Å². The van der Waals surface area contributed by atoms with E-state index in [1.165, 1.54) is 0 Å². The molecule has 3 nitrogen and oxygen atoms in total. The first-order valence-electron chi connectivity index (χ1n) is 1.32. The molecule has 58 valence electrons. The number of halogens is 4. The maximum atomic E-state index is 9.69. The van der Waals surface area contributed by atoms with Crippen molar-refractivity contribution in [1.82, 2.24) is 0 Å². The first-order chi connectivity index (χ1) is 3.73. The average molecular weight is 175 g/mol. The van der Waals surface area contributed by atoms with E-state index in [1.54, 1.807) is 0 Å². The first-order valence-corrected chi connectivity index (χ1v) is 2.46. The summed E-state index contributed by atoms with van der Waals surface area (Å²) in [5.41, 5.74) is 0.